The molecule has 0 fully saturated rings. The average molecular weight is 304 g/mol. The molecular weight excluding hydrogens is 295 g/mol. The van der Waals surface area contributed by atoms with Gasteiger partial charge >= 0.3 is 0 Å². The summed E-state index contributed by atoms with van der Waals surface area (Å²) in [5, 5.41) is 0. The predicted octanol–water partition coefficient (Wildman–Crippen LogP) is 1.59. The smallest absolute Gasteiger partial charge is 0.230 e. The van der Waals surface area contributed by atoms with Crippen LogP contribution >= 0.6 is 22.6 Å². The molecular formula is C9H9IN2O2. The highest BCUT2D eigenvalue weighted by molar-refractivity contribution is 14.1. The van der Waals surface area contributed by atoms with E-state index in [-0.39, 0.29) is 11.8 Å². The van der Waals surface area contributed by atoms with Crippen LogP contribution < -0.4 is 4.90 Å². The monoisotopic (exact) mass is 304 g/mol. The van der Waals surface area contributed by atoms with Gasteiger partial charge in [0.2, 0.25) is 11.8 Å². The third-order valence-electron chi connectivity index (χ3n) is 1.62. The molecule has 0 bridgehead atoms. The first-order valence-electron chi connectivity index (χ1n) is 3.95. The van der Waals surface area contributed by atoms with Gasteiger partial charge in [-0.3, -0.25) is 14.6 Å². The average Bonchev–Trinajstić information content (AvgIpc) is 2.07. The Morgan fingerprint density at radius 1 is 1.36 bits per heavy atom. The second kappa shape index (κ2) is 4.50. The van der Waals surface area contributed by atoms with Crippen LogP contribution in [0, 0.1) is 3.57 Å². The highest BCUT2D eigenvalue weighted by atomic mass is 127. The molecule has 0 aliphatic carbocycles. The van der Waals surface area contributed by atoms with E-state index in [1.54, 1.807) is 18.5 Å². The summed E-state index contributed by atoms with van der Waals surface area (Å²) >= 11 is 2.03. The fraction of sp³-hybridized carbons (Fsp3) is 0.222. The van der Waals surface area contributed by atoms with E-state index in [0.717, 1.165) is 8.47 Å². The minimum Gasteiger partial charge on any atom is -0.274 e. The van der Waals surface area contributed by atoms with Crippen molar-refractivity contribution in [3.8, 4) is 0 Å². The van der Waals surface area contributed by atoms with Gasteiger partial charge in [0, 0.05) is 26.2 Å². The lowest BCUT2D eigenvalue weighted by atomic mass is 10.3. The van der Waals surface area contributed by atoms with Crippen molar-refractivity contribution in [1.82, 2.24) is 4.98 Å². The predicted molar refractivity (Wildman–Crippen MR) is 60.8 cm³/mol. The zero-order valence-corrected chi connectivity index (χ0v) is 9.98. The molecule has 4 nitrogen and oxygen atoms in total. The SMILES string of the molecule is CC(=O)N(C(C)=O)c1ccncc1I. The van der Waals surface area contributed by atoms with Crippen LogP contribution in [-0.2, 0) is 9.59 Å². The molecule has 0 aliphatic heterocycles. The molecule has 1 aromatic rings. The van der Waals surface area contributed by atoms with Gasteiger partial charge in [0.05, 0.1) is 9.26 Å². The number of hydrogen-bond acceptors (Lipinski definition) is 3. The number of hydrogen-bond donors (Lipinski definition) is 0. The lowest BCUT2D eigenvalue weighted by molar-refractivity contribution is -0.124. The number of carbonyl (C=O) groups excluding carboxylic acids is 2. The third-order valence-corrected chi connectivity index (χ3v) is 2.45. The topological polar surface area (TPSA) is 50.3 Å². The molecule has 0 saturated heterocycles. The van der Waals surface area contributed by atoms with E-state index < -0.39 is 0 Å². The summed E-state index contributed by atoms with van der Waals surface area (Å²) in [7, 11) is 0. The Labute approximate surface area is 95.5 Å². The van der Waals surface area contributed by atoms with Gasteiger partial charge in [0.1, 0.15) is 0 Å². The molecule has 0 unspecified atom stereocenters. The fourth-order valence-corrected chi connectivity index (χ4v) is 1.69. The summed E-state index contributed by atoms with van der Waals surface area (Å²) in [5.74, 6) is -0.580. The van der Waals surface area contributed by atoms with E-state index in [2.05, 4.69) is 4.98 Å². The van der Waals surface area contributed by atoms with Crippen LogP contribution in [0.4, 0.5) is 5.69 Å². The van der Waals surface area contributed by atoms with Crippen molar-refractivity contribution in [2.75, 3.05) is 4.90 Å². The van der Waals surface area contributed by atoms with Gasteiger partial charge in [-0.25, -0.2) is 4.90 Å². The standard InChI is InChI=1S/C9H9IN2O2/c1-6(13)12(7(2)14)9-3-4-11-5-8(9)10/h3-5H,1-2H3. The van der Waals surface area contributed by atoms with Gasteiger partial charge in [-0.2, -0.15) is 0 Å². The van der Waals surface area contributed by atoms with Crippen molar-refractivity contribution in [1.29, 1.82) is 0 Å². The molecule has 1 rings (SSSR count). The highest BCUT2D eigenvalue weighted by Crippen LogP contribution is 2.21. The molecule has 74 valence electrons. The van der Waals surface area contributed by atoms with Crippen LogP contribution in [-0.4, -0.2) is 16.8 Å². The van der Waals surface area contributed by atoms with Crippen molar-refractivity contribution in [2.24, 2.45) is 0 Å². The molecule has 0 spiro atoms. The number of pyridine rings is 1. The largest absolute Gasteiger partial charge is 0.274 e. The molecule has 5 heteroatoms. The third kappa shape index (κ3) is 2.28. The van der Waals surface area contributed by atoms with Gasteiger partial charge in [0.25, 0.3) is 0 Å². The van der Waals surface area contributed by atoms with Gasteiger partial charge < -0.3 is 0 Å². The molecule has 0 aromatic carbocycles. The van der Waals surface area contributed by atoms with Crippen LogP contribution in [0.2, 0.25) is 0 Å². The van der Waals surface area contributed by atoms with Crippen LogP contribution in [0.5, 0.6) is 0 Å². The zero-order chi connectivity index (χ0) is 10.7. The first kappa shape index (κ1) is 11.1. The molecule has 0 saturated carbocycles. The minimum absolute atomic E-state index is 0.290. The van der Waals surface area contributed by atoms with Gasteiger partial charge in [0.15, 0.2) is 0 Å². The maximum atomic E-state index is 11.2. The molecule has 0 aliphatic rings. The van der Waals surface area contributed by atoms with E-state index in [9.17, 15) is 9.59 Å². The quantitative estimate of drug-likeness (QED) is 0.740. The Bertz CT molecular complexity index is 365. The molecule has 0 atom stereocenters. The van der Waals surface area contributed by atoms with Crippen LogP contribution in [0.25, 0.3) is 0 Å². The number of anilines is 1. The maximum absolute atomic E-state index is 11.2. The van der Waals surface area contributed by atoms with Gasteiger partial charge in [-0.1, -0.05) is 0 Å². The number of aromatic nitrogens is 1. The summed E-state index contributed by atoms with van der Waals surface area (Å²) in [6.07, 6.45) is 3.16. The lowest BCUT2D eigenvalue weighted by Gasteiger charge is -2.17. The lowest BCUT2D eigenvalue weighted by Crippen LogP contribution is -2.33. The molecule has 0 radical (unpaired) electrons. The Morgan fingerprint density at radius 2 is 1.93 bits per heavy atom. The summed E-state index contributed by atoms with van der Waals surface area (Å²) in [6, 6.07) is 1.64. The highest BCUT2D eigenvalue weighted by Gasteiger charge is 2.18. The van der Waals surface area contributed by atoms with Crippen molar-refractivity contribution < 1.29 is 9.59 Å². The molecule has 0 N–H and O–H groups in total. The Hall–Kier alpha value is -0.980. The number of rotatable bonds is 1. The van der Waals surface area contributed by atoms with Crippen molar-refractivity contribution in [2.45, 2.75) is 13.8 Å². The normalized spacial score (nSPS) is 9.64. The molecule has 2 amide bonds. The van der Waals surface area contributed by atoms with Crippen molar-refractivity contribution in [3.63, 3.8) is 0 Å². The Kier molecular flexibility index (Phi) is 3.56. The van der Waals surface area contributed by atoms with Gasteiger partial charge in [-0.05, 0) is 28.7 Å². The first-order valence-corrected chi connectivity index (χ1v) is 5.02. The van der Waals surface area contributed by atoms with E-state index >= 15 is 0 Å². The van der Waals surface area contributed by atoms with Crippen molar-refractivity contribution >= 4 is 40.1 Å². The minimum atomic E-state index is -0.290. The van der Waals surface area contributed by atoms with Crippen molar-refractivity contribution in [3.05, 3.63) is 22.0 Å². The molecule has 14 heavy (non-hydrogen) atoms. The van der Waals surface area contributed by atoms with Crippen LogP contribution in [0.3, 0.4) is 0 Å². The number of amides is 2. The first-order chi connectivity index (χ1) is 6.54. The fourth-order valence-electron chi connectivity index (χ4n) is 1.11. The van der Waals surface area contributed by atoms with E-state index in [1.807, 2.05) is 22.6 Å². The summed E-state index contributed by atoms with van der Waals surface area (Å²) < 4.78 is 0.774. The van der Waals surface area contributed by atoms with E-state index in [1.165, 1.54) is 13.8 Å². The summed E-state index contributed by atoms with van der Waals surface area (Å²) in [6.45, 7) is 2.72. The van der Waals surface area contributed by atoms with E-state index in [4.69, 9.17) is 0 Å². The second-order valence-electron chi connectivity index (χ2n) is 2.70. The summed E-state index contributed by atoms with van der Waals surface area (Å²) in [5.41, 5.74) is 0.584. The van der Waals surface area contributed by atoms with Gasteiger partial charge in [-0.15, -0.1) is 0 Å². The Morgan fingerprint density at radius 3 is 2.36 bits per heavy atom. The molecule has 1 aromatic heterocycles. The number of halogens is 1. The maximum Gasteiger partial charge on any atom is 0.230 e. The summed E-state index contributed by atoms with van der Waals surface area (Å²) in [4.78, 5) is 27.5. The Balaban J connectivity index is 3.18. The zero-order valence-electron chi connectivity index (χ0n) is 7.82. The van der Waals surface area contributed by atoms with Crippen LogP contribution in [0.15, 0.2) is 18.5 Å². The number of imide groups is 1. The number of carbonyl (C=O) groups is 2. The molecule has 1 heterocycles. The number of nitrogens with zero attached hydrogens (tertiary/aromatic N) is 2. The van der Waals surface area contributed by atoms with E-state index in [0.29, 0.717) is 5.69 Å². The second-order valence-corrected chi connectivity index (χ2v) is 3.86. The van der Waals surface area contributed by atoms with Crippen LogP contribution in [0.1, 0.15) is 13.8 Å².